The zero-order valence-electron chi connectivity index (χ0n) is 14.0. The molecule has 1 heterocycles. The average molecular weight is 376 g/mol. The molecule has 0 spiro atoms. The summed E-state index contributed by atoms with van der Waals surface area (Å²) in [5.41, 5.74) is 1.14. The highest BCUT2D eigenvalue weighted by atomic mass is 19.4. The number of nitrogens with zero attached hydrogens (tertiary/aromatic N) is 3. The van der Waals surface area contributed by atoms with Gasteiger partial charge in [0.15, 0.2) is 12.3 Å². The molecule has 6 nitrogen and oxygen atoms in total. The minimum Gasteiger partial charge on any atom is -0.482 e. The molecule has 9 heteroatoms. The van der Waals surface area contributed by atoms with E-state index in [9.17, 15) is 18.0 Å². The van der Waals surface area contributed by atoms with Crippen LogP contribution in [0.3, 0.4) is 0 Å². The normalized spacial score (nSPS) is 11.2. The second kappa shape index (κ2) is 7.90. The van der Waals surface area contributed by atoms with E-state index >= 15 is 0 Å². The quantitative estimate of drug-likeness (QED) is 0.715. The molecule has 1 aromatic heterocycles. The summed E-state index contributed by atoms with van der Waals surface area (Å²) in [4.78, 5) is 12.3. The summed E-state index contributed by atoms with van der Waals surface area (Å²) < 4.78 is 43.3. The first-order chi connectivity index (χ1) is 12.9. The van der Waals surface area contributed by atoms with E-state index in [1.165, 1.54) is 29.1 Å². The fraction of sp³-hybridized carbons (Fsp3) is 0.167. The number of ether oxygens (including phenoxy) is 1. The molecule has 0 aliphatic heterocycles. The predicted molar refractivity (Wildman–Crippen MR) is 91.5 cm³/mol. The van der Waals surface area contributed by atoms with Gasteiger partial charge in [-0.25, -0.2) is 4.68 Å². The lowest BCUT2D eigenvalue weighted by molar-refractivity contribution is -0.153. The van der Waals surface area contributed by atoms with Crippen LogP contribution in [-0.2, 0) is 6.54 Å². The number of rotatable bonds is 6. The van der Waals surface area contributed by atoms with Gasteiger partial charge in [-0.3, -0.25) is 4.79 Å². The van der Waals surface area contributed by atoms with Crippen LogP contribution in [0, 0.1) is 0 Å². The minimum atomic E-state index is -4.47. The Balaban J connectivity index is 1.67. The first-order valence-corrected chi connectivity index (χ1v) is 7.95. The number of nitrogens with one attached hydrogen (secondary N) is 1. The first-order valence-electron chi connectivity index (χ1n) is 7.95. The van der Waals surface area contributed by atoms with Crippen LogP contribution in [0.2, 0.25) is 0 Å². The van der Waals surface area contributed by atoms with Crippen molar-refractivity contribution in [1.29, 1.82) is 0 Å². The predicted octanol–water partition coefficient (Wildman–Crippen LogP) is 3.52. The third-order valence-corrected chi connectivity index (χ3v) is 3.49. The van der Waals surface area contributed by atoms with Crippen molar-refractivity contribution in [2.75, 3.05) is 11.9 Å². The summed E-state index contributed by atoms with van der Waals surface area (Å²) in [5, 5.41) is 10.2. The van der Waals surface area contributed by atoms with Crippen LogP contribution in [0.15, 0.2) is 60.8 Å². The molecule has 0 unspecified atom stereocenters. The number of para-hydroxylation sites is 2. The summed E-state index contributed by atoms with van der Waals surface area (Å²) in [5.74, 6) is -0.683. The van der Waals surface area contributed by atoms with Crippen molar-refractivity contribution in [3.8, 4) is 5.75 Å². The van der Waals surface area contributed by atoms with E-state index in [1.807, 2.05) is 30.3 Å². The Labute approximate surface area is 152 Å². The third kappa shape index (κ3) is 5.30. The van der Waals surface area contributed by atoms with Gasteiger partial charge in [0.05, 0.1) is 18.4 Å². The monoisotopic (exact) mass is 376 g/mol. The van der Waals surface area contributed by atoms with Gasteiger partial charge >= 0.3 is 6.18 Å². The van der Waals surface area contributed by atoms with Gasteiger partial charge in [-0.15, -0.1) is 5.10 Å². The second-order valence-electron chi connectivity index (χ2n) is 5.64. The van der Waals surface area contributed by atoms with Gasteiger partial charge in [-0.05, 0) is 17.7 Å². The SMILES string of the molecule is O=C(Nc1ccccc1OCC(F)(F)F)c1cn(Cc2ccccc2)nn1. The topological polar surface area (TPSA) is 69.0 Å². The van der Waals surface area contributed by atoms with Crippen LogP contribution in [0.25, 0.3) is 0 Å². The molecule has 0 saturated carbocycles. The highest BCUT2D eigenvalue weighted by Gasteiger charge is 2.29. The fourth-order valence-corrected chi connectivity index (χ4v) is 2.29. The summed E-state index contributed by atoms with van der Waals surface area (Å²) in [6.45, 7) is -1.01. The summed E-state index contributed by atoms with van der Waals surface area (Å²) in [6.07, 6.45) is -3.02. The molecule has 1 amide bonds. The number of carbonyl (C=O) groups excluding carboxylic acids is 1. The molecule has 2 aromatic carbocycles. The molecule has 0 aliphatic rings. The number of amides is 1. The zero-order chi connectivity index (χ0) is 19.3. The average Bonchev–Trinajstić information content (AvgIpc) is 3.10. The van der Waals surface area contributed by atoms with Crippen LogP contribution in [0.4, 0.5) is 18.9 Å². The molecular formula is C18H15F3N4O2. The van der Waals surface area contributed by atoms with Gasteiger partial charge in [0.1, 0.15) is 5.75 Å². The number of alkyl halides is 3. The summed E-state index contributed by atoms with van der Waals surface area (Å²) in [6, 6.07) is 15.4. The van der Waals surface area contributed by atoms with Crippen molar-refractivity contribution < 1.29 is 22.7 Å². The third-order valence-electron chi connectivity index (χ3n) is 3.49. The van der Waals surface area contributed by atoms with Crippen molar-refractivity contribution in [2.45, 2.75) is 12.7 Å². The van der Waals surface area contributed by atoms with Crippen molar-refractivity contribution in [3.63, 3.8) is 0 Å². The highest BCUT2D eigenvalue weighted by Crippen LogP contribution is 2.26. The summed E-state index contributed by atoms with van der Waals surface area (Å²) >= 11 is 0. The van der Waals surface area contributed by atoms with Gasteiger partial charge in [0, 0.05) is 0 Å². The molecule has 27 heavy (non-hydrogen) atoms. The van der Waals surface area contributed by atoms with Gasteiger partial charge < -0.3 is 10.1 Å². The van der Waals surface area contributed by atoms with Crippen LogP contribution < -0.4 is 10.1 Å². The molecule has 0 bridgehead atoms. The Morgan fingerprint density at radius 2 is 1.78 bits per heavy atom. The van der Waals surface area contributed by atoms with Crippen molar-refractivity contribution in [1.82, 2.24) is 15.0 Å². The lowest BCUT2D eigenvalue weighted by Gasteiger charge is -2.13. The van der Waals surface area contributed by atoms with E-state index in [4.69, 9.17) is 4.74 Å². The van der Waals surface area contributed by atoms with Gasteiger partial charge in [0.2, 0.25) is 0 Å². The molecule has 140 valence electrons. The van der Waals surface area contributed by atoms with Crippen molar-refractivity contribution >= 4 is 11.6 Å². The maximum atomic E-state index is 12.3. The van der Waals surface area contributed by atoms with E-state index in [0.29, 0.717) is 6.54 Å². The van der Waals surface area contributed by atoms with E-state index in [2.05, 4.69) is 15.6 Å². The van der Waals surface area contributed by atoms with Gasteiger partial charge in [-0.1, -0.05) is 47.7 Å². The number of carbonyl (C=O) groups is 1. The number of hydrogen-bond acceptors (Lipinski definition) is 4. The van der Waals surface area contributed by atoms with Crippen LogP contribution in [-0.4, -0.2) is 33.7 Å². The van der Waals surface area contributed by atoms with Gasteiger partial charge in [0.25, 0.3) is 5.91 Å². The number of hydrogen-bond donors (Lipinski definition) is 1. The molecule has 0 fully saturated rings. The second-order valence-corrected chi connectivity index (χ2v) is 5.64. The standard InChI is InChI=1S/C18H15F3N4O2/c19-18(20,21)12-27-16-9-5-4-8-14(16)22-17(26)15-11-25(24-23-15)10-13-6-2-1-3-7-13/h1-9,11H,10,12H2,(H,22,26). The number of benzene rings is 2. The van der Waals surface area contributed by atoms with E-state index in [-0.39, 0.29) is 17.1 Å². The molecule has 0 aliphatic carbocycles. The van der Waals surface area contributed by atoms with Crippen LogP contribution in [0.5, 0.6) is 5.75 Å². The summed E-state index contributed by atoms with van der Waals surface area (Å²) in [7, 11) is 0. The largest absolute Gasteiger partial charge is 0.482 e. The molecule has 0 atom stereocenters. The Morgan fingerprint density at radius 1 is 1.07 bits per heavy atom. The first kappa shape index (κ1) is 18.4. The maximum Gasteiger partial charge on any atom is 0.422 e. The lowest BCUT2D eigenvalue weighted by atomic mass is 10.2. The molecule has 3 aromatic rings. The smallest absolute Gasteiger partial charge is 0.422 e. The molecule has 0 saturated heterocycles. The van der Waals surface area contributed by atoms with E-state index < -0.39 is 18.7 Å². The van der Waals surface area contributed by atoms with E-state index in [0.717, 1.165) is 5.56 Å². The molecule has 1 N–H and O–H groups in total. The van der Waals surface area contributed by atoms with E-state index in [1.54, 1.807) is 6.07 Å². The van der Waals surface area contributed by atoms with Crippen molar-refractivity contribution in [3.05, 3.63) is 72.1 Å². The maximum absolute atomic E-state index is 12.3. The number of halogens is 3. The Kier molecular flexibility index (Phi) is 5.39. The number of aromatic nitrogens is 3. The van der Waals surface area contributed by atoms with Gasteiger partial charge in [-0.2, -0.15) is 13.2 Å². The number of anilines is 1. The van der Waals surface area contributed by atoms with Crippen LogP contribution in [0.1, 0.15) is 16.1 Å². The lowest BCUT2D eigenvalue weighted by Crippen LogP contribution is -2.20. The molecule has 0 radical (unpaired) electrons. The highest BCUT2D eigenvalue weighted by molar-refractivity contribution is 6.03. The fourth-order valence-electron chi connectivity index (χ4n) is 2.29. The molecular weight excluding hydrogens is 361 g/mol. The van der Waals surface area contributed by atoms with Crippen LogP contribution >= 0.6 is 0 Å². The Morgan fingerprint density at radius 3 is 2.52 bits per heavy atom. The Bertz CT molecular complexity index is 910. The molecule has 3 rings (SSSR count). The van der Waals surface area contributed by atoms with Crippen molar-refractivity contribution in [2.24, 2.45) is 0 Å². The minimum absolute atomic E-state index is 0.0385. The Hall–Kier alpha value is -3.36. The zero-order valence-corrected chi connectivity index (χ0v) is 14.0.